The quantitative estimate of drug-likeness (QED) is 0.210. The fraction of sp³-hybridized carbons (Fsp3) is 0.467. The summed E-state index contributed by atoms with van der Waals surface area (Å²) in [7, 11) is 0. The number of fused-ring (bicyclic) bond motifs is 2. The van der Waals surface area contributed by atoms with Gasteiger partial charge in [0.15, 0.2) is 0 Å². The van der Waals surface area contributed by atoms with E-state index in [0.717, 1.165) is 53.9 Å². The molecule has 9 rings (SSSR count). The predicted octanol–water partition coefficient (Wildman–Crippen LogP) is 3.20. The molecule has 3 unspecified atom stereocenters. The van der Waals surface area contributed by atoms with Crippen LogP contribution in [0.2, 0.25) is 0 Å². The summed E-state index contributed by atoms with van der Waals surface area (Å²) < 4.78 is 25.5. The van der Waals surface area contributed by atoms with Gasteiger partial charge >= 0.3 is 0 Å². The SMILES string of the molecule is O=C1CCC(N2C(=O)c3cccc(NCCOCCOCCC(=O)N4CCN(c5cccc(C6CN=C7C=CC(N8CCC[C@@H]8C8C=C(F)C=CC8)=NN76)n5)CC4)c3C2=O)C(=O)N1. The summed E-state index contributed by atoms with van der Waals surface area (Å²) in [6, 6.07) is 9.97. The number of aliphatic imine (C=N–C) groups is 1. The molecular weight excluding hydrogens is 812 g/mol. The molecule has 5 amide bonds. The van der Waals surface area contributed by atoms with E-state index in [4.69, 9.17) is 24.6 Å². The minimum atomic E-state index is -1.03. The van der Waals surface area contributed by atoms with Gasteiger partial charge in [-0.15, -0.1) is 0 Å². The van der Waals surface area contributed by atoms with Crippen molar-refractivity contribution in [1.82, 2.24) is 30.0 Å². The van der Waals surface area contributed by atoms with E-state index in [1.165, 1.54) is 0 Å². The van der Waals surface area contributed by atoms with Crippen molar-refractivity contribution in [3.05, 3.63) is 89.4 Å². The predicted molar refractivity (Wildman–Crippen MR) is 231 cm³/mol. The van der Waals surface area contributed by atoms with E-state index in [2.05, 4.69) is 20.4 Å². The Bertz CT molecular complexity index is 2310. The number of imide groups is 2. The Morgan fingerprint density at radius 1 is 0.873 bits per heavy atom. The Balaban J connectivity index is 0.680. The number of pyridine rings is 1. The molecule has 2 aromatic rings. The van der Waals surface area contributed by atoms with Crippen molar-refractivity contribution in [2.75, 3.05) is 82.5 Å². The van der Waals surface area contributed by atoms with E-state index >= 15 is 0 Å². The lowest BCUT2D eigenvalue weighted by Gasteiger charge is -2.36. The maximum Gasteiger partial charge on any atom is 0.264 e. The molecule has 1 aromatic carbocycles. The molecule has 0 saturated carbocycles. The van der Waals surface area contributed by atoms with Gasteiger partial charge in [-0.1, -0.05) is 18.2 Å². The number of carbonyl (C=O) groups is 5. The Kier molecular flexibility index (Phi) is 12.4. The maximum absolute atomic E-state index is 14.1. The molecule has 1 aromatic heterocycles. The Morgan fingerprint density at radius 2 is 1.68 bits per heavy atom. The van der Waals surface area contributed by atoms with Gasteiger partial charge < -0.3 is 29.5 Å². The van der Waals surface area contributed by atoms with Gasteiger partial charge in [-0.05, 0) is 74.3 Å². The highest BCUT2D eigenvalue weighted by Crippen LogP contribution is 2.35. The number of amides is 5. The molecule has 4 atom stereocenters. The monoisotopic (exact) mass is 862 g/mol. The molecule has 3 saturated heterocycles. The molecule has 0 bridgehead atoms. The van der Waals surface area contributed by atoms with E-state index in [-0.39, 0.29) is 66.7 Å². The Morgan fingerprint density at radius 3 is 2.51 bits per heavy atom. The molecule has 7 aliphatic rings. The number of nitrogens with zero attached hydrogens (tertiary/aromatic N) is 8. The zero-order valence-corrected chi connectivity index (χ0v) is 35.0. The van der Waals surface area contributed by atoms with E-state index < -0.39 is 29.7 Å². The van der Waals surface area contributed by atoms with Gasteiger partial charge in [0.2, 0.25) is 17.7 Å². The number of nitrogens with one attached hydrogen (secondary N) is 2. The normalized spacial score (nSPS) is 24.4. The molecule has 0 radical (unpaired) electrons. The topological polar surface area (TPSA) is 182 Å². The van der Waals surface area contributed by atoms with Crippen LogP contribution in [0, 0.1) is 5.92 Å². The second-order valence-corrected chi connectivity index (χ2v) is 16.5. The number of likely N-dealkylation sites (tertiary alicyclic amines) is 1. The fourth-order valence-corrected chi connectivity index (χ4v) is 9.41. The molecule has 63 heavy (non-hydrogen) atoms. The molecule has 18 heteroatoms. The molecule has 6 aliphatic heterocycles. The third kappa shape index (κ3) is 8.86. The van der Waals surface area contributed by atoms with E-state index in [1.807, 2.05) is 46.3 Å². The van der Waals surface area contributed by atoms with Crippen LogP contribution in [0.5, 0.6) is 0 Å². The smallest absolute Gasteiger partial charge is 0.264 e. The van der Waals surface area contributed by atoms with Crippen molar-refractivity contribution in [2.45, 2.75) is 56.7 Å². The number of aromatic nitrogens is 1. The van der Waals surface area contributed by atoms with Crippen LogP contribution in [0.25, 0.3) is 0 Å². The van der Waals surface area contributed by atoms with E-state index in [0.29, 0.717) is 64.8 Å². The number of hydrazone groups is 1. The van der Waals surface area contributed by atoms with Crippen LogP contribution >= 0.6 is 0 Å². The fourth-order valence-electron chi connectivity index (χ4n) is 9.41. The molecule has 1 aliphatic carbocycles. The Labute approximate surface area is 364 Å². The number of hydrogen-bond acceptors (Lipinski definition) is 14. The molecule has 3 fully saturated rings. The van der Waals surface area contributed by atoms with Crippen LogP contribution in [0.1, 0.15) is 71.0 Å². The highest BCUT2D eigenvalue weighted by atomic mass is 19.1. The summed E-state index contributed by atoms with van der Waals surface area (Å²) in [5, 5.41) is 12.4. The second kappa shape index (κ2) is 18.6. The van der Waals surface area contributed by atoms with Gasteiger partial charge in [-0.3, -0.25) is 39.2 Å². The zero-order chi connectivity index (χ0) is 43.5. The van der Waals surface area contributed by atoms with Crippen molar-refractivity contribution in [1.29, 1.82) is 0 Å². The van der Waals surface area contributed by atoms with Crippen molar-refractivity contribution in [3.8, 4) is 0 Å². The van der Waals surface area contributed by atoms with Gasteiger partial charge in [0.05, 0.1) is 56.2 Å². The van der Waals surface area contributed by atoms with Crippen molar-refractivity contribution >= 4 is 52.7 Å². The lowest BCUT2D eigenvalue weighted by Crippen LogP contribution is -2.54. The maximum atomic E-state index is 14.1. The number of anilines is 2. The molecule has 7 heterocycles. The number of rotatable bonds is 14. The van der Waals surface area contributed by atoms with E-state index in [1.54, 1.807) is 30.4 Å². The molecule has 17 nitrogen and oxygen atoms in total. The van der Waals surface area contributed by atoms with Crippen molar-refractivity contribution in [2.24, 2.45) is 16.0 Å². The van der Waals surface area contributed by atoms with Crippen LogP contribution < -0.4 is 15.5 Å². The number of benzene rings is 1. The number of allylic oxidation sites excluding steroid dienone is 3. The summed E-state index contributed by atoms with van der Waals surface area (Å²) in [5.41, 5.74) is 1.74. The van der Waals surface area contributed by atoms with Crippen LogP contribution in [0.3, 0.4) is 0 Å². The van der Waals surface area contributed by atoms with Crippen LogP contribution in [-0.2, 0) is 23.9 Å². The minimum absolute atomic E-state index is 0.0323. The lowest BCUT2D eigenvalue weighted by molar-refractivity contribution is -0.136. The summed E-state index contributed by atoms with van der Waals surface area (Å²) in [6.07, 6.45) is 12.5. The van der Waals surface area contributed by atoms with Crippen LogP contribution in [-0.4, -0.2) is 150 Å². The van der Waals surface area contributed by atoms with Gasteiger partial charge in [0, 0.05) is 63.3 Å². The summed E-state index contributed by atoms with van der Waals surface area (Å²) >= 11 is 0. The Hall–Kier alpha value is -6.27. The number of ether oxygens (including phenoxy) is 2. The van der Waals surface area contributed by atoms with Gasteiger partial charge in [-0.2, -0.15) is 5.10 Å². The largest absolute Gasteiger partial charge is 0.382 e. The van der Waals surface area contributed by atoms with Crippen LogP contribution in [0.4, 0.5) is 15.9 Å². The van der Waals surface area contributed by atoms with Crippen molar-refractivity contribution in [3.63, 3.8) is 0 Å². The third-order valence-electron chi connectivity index (χ3n) is 12.6. The first kappa shape index (κ1) is 42.1. The lowest BCUT2D eigenvalue weighted by atomic mass is 9.90. The number of amidine groups is 2. The van der Waals surface area contributed by atoms with Gasteiger partial charge in [0.25, 0.3) is 11.8 Å². The van der Waals surface area contributed by atoms with Gasteiger partial charge in [0.1, 0.15) is 35.4 Å². The van der Waals surface area contributed by atoms with E-state index in [9.17, 15) is 28.4 Å². The average Bonchev–Trinajstić information content (AvgIpc) is 4.03. The highest BCUT2D eigenvalue weighted by Gasteiger charge is 2.46. The standard InChI is InChI=1S/C45H51FN10O7/c46-30-6-1-5-29(27-30)34-10-4-18-54(34)39-14-13-37-48-28-36(56(37)51-39)32-8-3-11-38(49-32)52-19-21-53(22-20-52)41(58)16-23-62-25-26-63-24-17-47-33-9-2-7-31-42(33)45(61)55(44(31)60)35-12-15-40(57)50-43(35)59/h1-3,6-9,11,13-14,27,29,34-36,47H,4-5,10,12,15-26,28H2,(H,50,57,59)/t29?,34-,35?,36?/m1/s1. The number of carbonyl (C=O) groups excluding carboxylic acids is 5. The van der Waals surface area contributed by atoms with Crippen molar-refractivity contribution < 1.29 is 37.8 Å². The molecule has 0 spiro atoms. The first-order valence-corrected chi connectivity index (χ1v) is 21.9. The number of piperidine rings is 1. The molecule has 2 N–H and O–H groups in total. The summed E-state index contributed by atoms with van der Waals surface area (Å²) in [5.74, 6) is 0.317. The number of piperazine rings is 1. The second-order valence-electron chi connectivity index (χ2n) is 16.5. The molecule has 330 valence electrons. The third-order valence-corrected chi connectivity index (χ3v) is 12.6. The number of hydrogen-bond donors (Lipinski definition) is 2. The minimum Gasteiger partial charge on any atom is -0.382 e. The summed E-state index contributed by atoms with van der Waals surface area (Å²) in [6.45, 7) is 5.43. The highest BCUT2D eigenvalue weighted by molar-refractivity contribution is 6.25. The first-order chi connectivity index (χ1) is 30.7. The zero-order valence-electron chi connectivity index (χ0n) is 35.0. The number of halogens is 1. The van der Waals surface area contributed by atoms with Gasteiger partial charge in [-0.25, -0.2) is 14.4 Å². The first-order valence-electron chi connectivity index (χ1n) is 21.9. The average molecular weight is 863 g/mol. The molecular formula is C45H51FN10O7. The summed E-state index contributed by atoms with van der Waals surface area (Å²) in [4.78, 5) is 80.6. The van der Waals surface area contributed by atoms with Crippen LogP contribution in [0.15, 0.2) is 82.7 Å².